The molecule has 0 saturated heterocycles. The van der Waals surface area contributed by atoms with E-state index in [0.717, 1.165) is 58.2 Å². The van der Waals surface area contributed by atoms with Gasteiger partial charge in [0.25, 0.3) is 5.56 Å². The first kappa shape index (κ1) is 26.9. The molecule has 4 aromatic rings. The van der Waals surface area contributed by atoms with Crippen LogP contribution >= 0.6 is 15.9 Å². The van der Waals surface area contributed by atoms with E-state index in [-0.39, 0.29) is 11.5 Å². The minimum Gasteiger partial charge on any atom is -0.493 e. The third-order valence-corrected chi connectivity index (χ3v) is 7.63. The molecule has 6 nitrogen and oxygen atoms in total. The van der Waals surface area contributed by atoms with Gasteiger partial charge >= 0.3 is 0 Å². The number of methoxy groups -OCH3 is 1. The van der Waals surface area contributed by atoms with E-state index in [2.05, 4.69) is 22.5 Å². The minimum absolute atomic E-state index is 0.148. The molecule has 3 aromatic carbocycles. The molecule has 7 heteroatoms. The highest BCUT2D eigenvalue weighted by molar-refractivity contribution is 9.10. The summed E-state index contributed by atoms with van der Waals surface area (Å²) in [7, 11) is 1.62. The van der Waals surface area contributed by atoms with Crippen LogP contribution in [0, 0.1) is 0 Å². The molecule has 1 heterocycles. The molecule has 0 atom stereocenters. The lowest BCUT2D eigenvalue weighted by Crippen LogP contribution is -2.25. The third-order valence-electron chi connectivity index (χ3n) is 7.11. The number of hydrogen-bond acceptors (Lipinski definition) is 5. The predicted molar refractivity (Wildman–Crippen MR) is 160 cm³/mol. The van der Waals surface area contributed by atoms with Crippen LogP contribution in [0.4, 0.5) is 0 Å². The number of ether oxygens (including phenoxy) is 2. The normalized spacial score (nSPS) is 14.1. The van der Waals surface area contributed by atoms with Crippen molar-refractivity contribution in [2.45, 2.75) is 51.0 Å². The van der Waals surface area contributed by atoms with Crippen LogP contribution in [0.15, 0.2) is 87.7 Å². The average molecular weight is 587 g/mol. The number of benzene rings is 3. The van der Waals surface area contributed by atoms with Crippen molar-refractivity contribution in [1.29, 1.82) is 0 Å². The Labute approximate surface area is 237 Å². The van der Waals surface area contributed by atoms with Crippen molar-refractivity contribution < 1.29 is 9.47 Å². The van der Waals surface area contributed by atoms with E-state index in [0.29, 0.717) is 29.9 Å². The number of nitrogens with zero attached hydrogens (tertiary/aromatic N) is 3. The first-order valence-corrected chi connectivity index (χ1v) is 14.1. The molecule has 0 radical (unpaired) electrons. The van der Waals surface area contributed by atoms with E-state index in [1.807, 2.05) is 66.7 Å². The lowest BCUT2D eigenvalue weighted by molar-refractivity contribution is 0.282. The Hall–Kier alpha value is -3.71. The lowest BCUT2D eigenvalue weighted by atomic mass is 9.88. The zero-order valence-electron chi connectivity index (χ0n) is 22.1. The molecule has 1 aliphatic carbocycles. The van der Waals surface area contributed by atoms with Crippen molar-refractivity contribution in [3.05, 3.63) is 111 Å². The van der Waals surface area contributed by atoms with Gasteiger partial charge in [-0.15, -0.1) is 6.58 Å². The molecule has 1 aliphatic rings. The molecule has 0 amide bonds. The smallest absolute Gasteiger partial charge is 0.282 e. The Balaban J connectivity index is 1.51. The van der Waals surface area contributed by atoms with E-state index in [1.165, 1.54) is 11.1 Å². The topological polar surface area (TPSA) is 65.7 Å². The number of aromatic nitrogens is 2. The largest absolute Gasteiger partial charge is 0.493 e. The van der Waals surface area contributed by atoms with Gasteiger partial charge in [0.2, 0.25) is 0 Å². The van der Waals surface area contributed by atoms with Crippen LogP contribution in [0.2, 0.25) is 0 Å². The molecule has 0 spiro atoms. The standard InChI is InChI=1S/C32H32BrN3O3/c1-3-9-25-18-23(19-29(38-2)30(25)39-21-22-14-16-26(33)17-15-22)20-34-36-31(24-10-5-4-6-11-24)35-28-13-8-7-12-27(28)32(36)37/h3,7-8,12-20,24H,1,4-6,9-11,21H2,2H3. The number of rotatable bonds is 9. The van der Waals surface area contributed by atoms with Gasteiger partial charge in [-0.25, -0.2) is 4.98 Å². The Bertz CT molecular complexity index is 1550. The molecule has 1 aromatic heterocycles. The van der Waals surface area contributed by atoms with Crippen LogP contribution in [-0.4, -0.2) is 23.0 Å². The van der Waals surface area contributed by atoms with Gasteiger partial charge in [-0.05, 0) is 66.8 Å². The molecular weight excluding hydrogens is 554 g/mol. The Morgan fingerprint density at radius 2 is 1.87 bits per heavy atom. The minimum atomic E-state index is -0.148. The summed E-state index contributed by atoms with van der Waals surface area (Å²) in [6, 6.07) is 19.4. The van der Waals surface area contributed by atoms with Crippen LogP contribution in [0.1, 0.15) is 60.5 Å². The Kier molecular flexibility index (Phi) is 8.57. The fourth-order valence-corrected chi connectivity index (χ4v) is 5.38. The molecular formula is C32H32BrN3O3. The first-order valence-electron chi connectivity index (χ1n) is 13.3. The maximum atomic E-state index is 13.5. The highest BCUT2D eigenvalue weighted by Crippen LogP contribution is 2.35. The van der Waals surface area contributed by atoms with Crippen LogP contribution in [0.3, 0.4) is 0 Å². The zero-order valence-corrected chi connectivity index (χ0v) is 23.7. The summed E-state index contributed by atoms with van der Waals surface area (Å²) in [4.78, 5) is 18.5. The van der Waals surface area contributed by atoms with Gasteiger partial charge in [0.05, 0.1) is 24.2 Å². The van der Waals surface area contributed by atoms with Crippen molar-refractivity contribution in [2.75, 3.05) is 7.11 Å². The number of hydrogen-bond donors (Lipinski definition) is 0. The number of para-hydroxylation sites is 1. The van der Waals surface area contributed by atoms with Crippen molar-refractivity contribution in [3.63, 3.8) is 0 Å². The number of fused-ring (bicyclic) bond motifs is 1. The molecule has 0 unspecified atom stereocenters. The summed E-state index contributed by atoms with van der Waals surface area (Å²) in [6.07, 6.45) is 9.67. The molecule has 39 heavy (non-hydrogen) atoms. The first-order chi connectivity index (χ1) is 19.1. The molecule has 1 fully saturated rings. The van der Waals surface area contributed by atoms with Gasteiger partial charge in [0.1, 0.15) is 12.4 Å². The summed E-state index contributed by atoms with van der Waals surface area (Å²) in [5.74, 6) is 2.23. The van der Waals surface area contributed by atoms with E-state index < -0.39 is 0 Å². The monoisotopic (exact) mass is 585 g/mol. The fourth-order valence-electron chi connectivity index (χ4n) is 5.12. The SMILES string of the molecule is C=CCc1cc(C=Nn2c(C3CCCCC3)nc3ccccc3c2=O)cc(OC)c1OCc1ccc(Br)cc1. The van der Waals surface area contributed by atoms with Gasteiger partial charge in [0.15, 0.2) is 11.5 Å². The summed E-state index contributed by atoms with van der Waals surface area (Å²) in [6.45, 7) is 4.33. The van der Waals surface area contributed by atoms with E-state index in [9.17, 15) is 4.79 Å². The van der Waals surface area contributed by atoms with Crippen molar-refractivity contribution >= 4 is 33.0 Å². The van der Waals surface area contributed by atoms with Crippen molar-refractivity contribution in [3.8, 4) is 11.5 Å². The van der Waals surface area contributed by atoms with Crippen molar-refractivity contribution in [1.82, 2.24) is 9.66 Å². The van der Waals surface area contributed by atoms with E-state index >= 15 is 0 Å². The van der Waals surface area contributed by atoms with Crippen LogP contribution in [-0.2, 0) is 13.0 Å². The lowest BCUT2D eigenvalue weighted by Gasteiger charge is -2.22. The average Bonchev–Trinajstić information content (AvgIpc) is 2.97. The molecule has 5 rings (SSSR count). The van der Waals surface area contributed by atoms with Crippen LogP contribution in [0.5, 0.6) is 11.5 Å². The second-order valence-corrected chi connectivity index (χ2v) is 10.7. The second-order valence-electron chi connectivity index (χ2n) is 9.80. The van der Waals surface area contributed by atoms with Gasteiger partial charge in [0, 0.05) is 16.0 Å². The van der Waals surface area contributed by atoms with Gasteiger partial charge < -0.3 is 9.47 Å². The second kappa shape index (κ2) is 12.4. The van der Waals surface area contributed by atoms with Gasteiger partial charge in [-0.1, -0.05) is 65.5 Å². The van der Waals surface area contributed by atoms with Gasteiger partial charge in [-0.3, -0.25) is 4.79 Å². The third kappa shape index (κ3) is 6.14. The maximum Gasteiger partial charge on any atom is 0.282 e. The molecule has 1 saturated carbocycles. The quantitative estimate of drug-likeness (QED) is 0.151. The summed E-state index contributed by atoms with van der Waals surface area (Å²) in [5.41, 5.74) is 3.35. The maximum absolute atomic E-state index is 13.5. The highest BCUT2D eigenvalue weighted by Gasteiger charge is 2.22. The number of allylic oxidation sites excluding steroid dienone is 1. The van der Waals surface area contributed by atoms with Crippen molar-refractivity contribution in [2.24, 2.45) is 5.10 Å². The zero-order chi connectivity index (χ0) is 27.2. The fraction of sp³-hybridized carbons (Fsp3) is 0.281. The summed E-state index contributed by atoms with van der Waals surface area (Å²) < 4.78 is 14.5. The Morgan fingerprint density at radius 3 is 2.62 bits per heavy atom. The molecule has 0 bridgehead atoms. The molecule has 0 aliphatic heterocycles. The summed E-state index contributed by atoms with van der Waals surface area (Å²) in [5, 5.41) is 5.27. The molecule has 200 valence electrons. The van der Waals surface area contributed by atoms with E-state index in [4.69, 9.17) is 19.6 Å². The summed E-state index contributed by atoms with van der Waals surface area (Å²) >= 11 is 3.47. The number of halogens is 1. The van der Waals surface area contributed by atoms with Crippen LogP contribution < -0.4 is 15.0 Å². The molecule has 0 N–H and O–H groups in total. The highest BCUT2D eigenvalue weighted by atomic mass is 79.9. The Morgan fingerprint density at radius 1 is 1.10 bits per heavy atom. The van der Waals surface area contributed by atoms with Gasteiger partial charge in [-0.2, -0.15) is 9.78 Å². The van der Waals surface area contributed by atoms with E-state index in [1.54, 1.807) is 13.3 Å². The van der Waals surface area contributed by atoms with Crippen LogP contribution in [0.25, 0.3) is 10.9 Å². The predicted octanol–water partition coefficient (Wildman–Crippen LogP) is 7.41.